The molecule has 0 saturated heterocycles. The number of hydrogen-bond donors (Lipinski definition) is 1. The summed E-state index contributed by atoms with van der Waals surface area (Å²) in [5.41, 5.74) is 7.86. The van der Waals surface area contributed by atoms with Crippen molar-refractivity contribution in [3.63, 3.8) is 0 Å². The Balaban J connectivity index is 2.34. The van der Waals surface area contributed by atoms with Gasteiger partial charge in [0.15, 0.2) is 0 Å². The molecule has 0 spiro atoms. The maximum absolute atomic E-state index is 10.9. The number of esters is 1. The Labute approximate surface area is 90.2 Å². The van der Waals surface area contributed by atoms with Crippen LogP contribution < -0.4 is 5.73 Å². The third-order valence-corrected chi connectivity index (χ3v) is 2.33. The maximum atomic E-state index is 10.9. The number of carbonyl (C=O) groups excluding carboxylic acids is 1. The van der Waals surface area contributed by atoms with E-state index in [1.807, 2.05) is 12.1 Å². The van der Waals surface area contributed by atoms with Gasteiger partial charge in [-0.05, 0) is 24.0 Å². The molecule has 0 bridgehead atoms. The highest BCUT2D eigenvalue weighted by Crippen LogP contribution is 2.07. The Hall–Kier alpha value is -1.35. The van der Waals surface area contributed by atoms with E-state index in [1.54, 1.807) is 0 Å². The lowest BCUT2D eigenvalue weighted by atomic mass is 10.1. The van der Waals surface area contributed by atoms with Gasteiger partial charge >= 0.3 is 5.97 Å². The average Bonchev–Trinajstić information content (AvgIpc) is 2.29. The van der Waals surface area contributed by atoms with Crippen LogP contribution in [0.25, 0.3) is 0 Å². The van der Waals surface area contributed by atoms with Gasteiger partial charge in [0, 0.05) is 13.0 Å². The lowest BCUT2D eigenvalue weighted by Gasteiger charge is -2.02. The van der Waals surface area contributed by atoms with Crippen molar-refractivity contribution < 1.29 is 9.53 Å². The van der Waals surface area contributed by atoms with Gasteiger partial charge in [-0.3, -0.25) is 4.79 Å². The second kappa shape index (κ2) is 6.19. The normalized spacial score (nSPS) is 10.0. The van der Waals surface area contributed by atoms with Crippen molar-refractivity contribution in [3.8, 4) is 0 Å². The predicted octanol–water partition coefficient (Wildman–Crippen LogP) is 1.64. The molecule has 0 amide bonds. The first kappa shape index (κ1) is 11.7. The number of methoxy groups -OCH3 is 1. The summed E-state index contributed by atoms with van der Waals surface area (Å²) in [6.45, 7) is 0.572. The summed E-state index contributed by atoms with van der Waals surface area (Å²) in [5, 5.41) is 0. The Bertz CT molecular complexity index is 306. The molecule has 0 aliphatic carbocycles. The first-order valence-electron chi connectivity index (χ1n) is 5.11. The third kappa shape index (κ3) is 4.13. The topological polar surface area (TPSA) is 52.3 Å². The average molecular weight is 207 g/mol. The fraction of sp³-hybridized carbons (Fsp3) is 0.417. The molecule has 0 radical (unpaired) electrons. The van der Waals surface area contributed by atoms with Crippen molar-refractivity contribution in [1.29, 1.82) is 0 Å². The molecule has 0 aromatic heterocycles. The number of hydrogen-bond acceptors (Lipinski definition) is 3. The molecule has 3 heteroatoms. The van der Waals surface area contributed by atoms with Gasteiger partial charge in [0.2, 0.25) is 0 Å². The smallest absolute Gasteiger partial charge is 0.305 e. The van der Waals surface area contributed by atoms with Crippen molar-refractivity contribution >= 4 is 5.97 Å². The second-order valence-electron chi connectivity index (χ2n) is 3.45. The Kier molecular flexibility index (Phi) is 4.84. The molecule has 0 atom stereocenters. The van der Waals surface area contributed by atoms with Crippen LogP contribution in [-0.4, -0.2) is 13.1 Å². The summed E-state index contributed by atoms with van der Waals surface area (Å²) in [4.78, 5) is 10.9. The molecule has 1 aromatic carbocycles. The molecule has 82 valence electrons. The van der Waals surface area contributed by atoms with Gasteiger partial charge in [-0.1, -0.05) is 24.3 Å². The molecule has 0 saturated carbocycles. The molecule has 3 nitrogen and oxygen atoms in total. The van der Waals surface area contributed by atoms with E-state index in [-0.39, 0.29) is 5.97 Å². The van der Waals surface area contributed by atoms with Gasteiger partial charge in [-0.25, -0.2) is 0 Å². The zero-order valence-corrected chi connectivity index (χ0v) is 9.03. The van der Waals surface area contributed by atoms with Gasteiger partial charge in [0.1, 0.15) is 0 Å². The van der Waals surface area contributed by atoms with E-state index in [4.69, 9.17) is 5.73 Å². The fourth-order valence-electron chi connectivity index (χ4n) is 1.38. The van der Waals surface area contributed by atoms with E-state index in [1.165, 1.54) is 12.7 Å². The molecule has 0 aliphatic heterocycles. The minimum absolute atomic E-state index is 0.145. The SMILES string of the molecule is COC(=O)CCCc1ccc(CN)cc1. The van der Waals surface area contributed by atoms with Crippen molar-refractivity contribution in [2.45, 2.75) is 25.8 Å². The monoisotopic (exact) mass is 207 g/mol. The molecule has 15 heavy (non-hydrogen) atoms. The molecule has 2 N–H and O–H groups in total. The summed E-state index contributed by atoms with van der Waals surface area (Å²) < 4.78 is 4.57. The summed E-state index contributed by atoms with van der Waals surface area (Å²) >= 11 is 0. The van der Waals surface area contributed by atoms with E-state index in [9.17, 15) is 4.79 Å². The molecule has 0 unspecified atom stereocenters. The van der Waals surface area contributed by atoms with Crippen molar-refractivity contribution in [3.05, 3.63) is 35.4 Å². The highest BCUT2D eigenvalue weighted by atomic mass is 16.5. The van der Waals surface area contributed by atoms with Crippen LogP contribution >= 0.6 is 0 Å². The molecule has 1 aromatic rings. The molecular weight excluding hydrogens is 190 g/mol. The van der Waals surface area contributed by atoms with Crippen molar-refractivity contribution in [2.75, 3.05) is 7.11 Å². The quantitative estimate of drug-likeness (QED) is 0.747. The lowest BCUT2D eigenvalue weighted by molar-refractivity contribution is -0.140. The number of nitrogens with two attached hydrogens (primary N) is 1. The summed E-state index contributed by atoms with van der Waals surface area (Å²) in [5.74, 6) is -0.145. The zero-order chi connectivity index (χ0) is 11.1. The highest BCUT2D eigenvalue weighted by molar-refractivity contribution is 5.69. The summed E-state index contributed by atoms with van der Waals surface area (Å²) in [6.07, 6.45) is 2.21. The predicted molar refractivity (Wildman–Crippen MR) is 59.3 cm³/mol. The van der Waals surface area contributed by atoms with E-state index < -0.39 is 0 Å². The Morgan fingerprint density at radius 1 is 1.27 bits per heavy atom. The van der Waals surface area contributed by atoms with Crippen LogP contribution in [0.3, 0.4) is 0 Å². The second-order valence-corrected chi connectivity index (χ2v) is 3.45. The summed E-state index contributed by atoms with van der Waals surface area (Å²) in [7, 11) is 1.42. The fourth-order valence-corrected chi connectivity index (χ4v) is 1.38. The number of carbonyl (C=O) groups is 1. The Morgan fingerprint density at radius 3 is 2.40 bits per heavy atom. The standard InChI is InChI=1S/C12H17NO2/c1-15-12(14)4-2-3-10-5-7-11(9-13)8-6-10/h5-8H,2-4,9,13H2,1H3. The molecule has 0 heterocycles. The third-order valence-electron chi connectivity index (χ3n) is 2.33. The van der Waals surface area contributed by atoms with Crippen LogP contribution in [0.15, 0.2) is 24.3 Å². The number of benzene rings is 1. The van der Waals surface area contributed by atoms with Crippen molar-refractivity contribution in [2.24, 2.45) is 5.73 Å². The highest BCUT2D eigenvalue weighted by Gasteiger charge is 2.00. The molecular formula is C12H17NO2. The van der Waals surface area contributed by atoms with E-state index >= 15 is 0 Å². The van der Waals surface area contributed by atoms with Crippen LogP contribution in [0, 0.1) is 0 Å². The lowest BCUT2D eigenvalue weighted by Crippen LogP contribution is -2.00. The molecule has 0 fully saturated rings. The molecule has 0 aliphatic rings. The first-order valence-corrected chi connectivity index (χ1v) is 5.11. The van der Waals surface area contributed by atoms with E-state index in [2.05, 4.69) is 16.9 Å². The summed E-state index contributed by atoms with van der Waals surface area (Å²) in [6, 6.07) is 8.15. The number of aryl methyl sites for hydroxylation is 1. The van der Waals surface area contributed by atoms with Crippen molar-refractivity contribution in [1.82, 2.24) is 0 Å². The van der Waals surface area contributed by atoms with Gasteiger partial charge in [-0.15, -0.1) is 0 Å². The van der Waals surface area contributed by atoms with Crippen LogP contribution in [0.4, 0.5) is 0 Å². The Morgan fingerprint density at radius 2 is 1.87 bits per heavy atom. The van der Waals surface area contributed by atoms with Gasteiger partial charge < -0.3 is 10.5 Å². The number of ether oxygens (including phenoxy) is 1. The van der Waals surface area contributed by atoms with Gasteiger partial charge in [-0.2, -0.15) is 0 Å². The largest absolute Gasteiger partial charge is 0.469 e. The van der Waals surface area contributed by atoms with Crippen LogP contribution in [-0.2, 0) is 22.5 Å². The maximum Gasteiger partial charge on any atom is 0.305 e. The minimum atomic E-state index is -0.145. The van der Waals surface area contributed by atoms with Crippen LogP contribution in [0.1, 0.15) is 24.0 Å². The van der Waals surface area contributed by atoms with E-state index in [0.717, 1.165) is 18.4 Å². The van der Waals surface area contributed by atoms with Gasteiger partial charge in [0.05, 0.1) is 7.11 Å². The van der Waals surface area contributed by atoms with Crippen LogP contribution in [0.5, 0.6) is 0 Å². The minimum Gasteiger partial charge on any atom is -0.469 e. The van der Waals surface area contributed by atoms with E-state index in [0.29, 0.717) is 13.0 Å². The molecule has 1 rings (SSSR count). The van der Waals surface area contributed by atoms with Crippen LogP contribution in [0.2, 0.25) is 0 Å². The van der Waals surface area contributed by atoms with Gasteiger partial charge in [0.25, 0.3) is 0 Å². The first-order chi connectivity index (χ1) is 7.26. The zero-order valence-electron chi connectivity index (χ0n) is 9.03. The number of rotatable bonds is 5.